The van der Waals surface area contributed by atoms with E-state index in [2.05, 4.69) is 37.2 Å². The van der Waals surface area contributed by atoms with E-state index < -0.39 is 0 Å². The van der Waals surface area contributed by atoms with Gasteiger partial charge in [0, 0.05) is 14.5 Å². The average molecular weight is 383 g/mol. The van der Waals surface area contributed by atoms with Gasteiger partial charge in [-0.3, -0.25) is 4.79 Å². The summed E-state index contributed by atoms with van der Waals surface area (Å²) < 4.78 is 1.75. The number of halogens is 2. The van der Waals surface area contributed by atoms with Gasteiger partial charge in [0.05, 0.1) is 6.04 Å². The van der Waals surface area contributed by atoms with Crippen molar-refractivity contribution in [2.45, 2.75) is 13.0 Å². The molecule has 0 aliphatic carbocycles. The SMILES string of the molecule is CC(NC(=O)c1cc(Br)cc(Br)c1)c1ccccc1. The first-order chi connectivity index (χ1) is 9.06. The fourth-order valence-corrected chi connectivity index (χ4v) is 3.08. The maximum atomic E-state index is 12.2. The zero-order valence-corrected chi connectivity index (χ0v) is 13.5. The molecule has 2 nitrogen and oxygen atoms in total. The Morgan fingerprint density at radius 1 is 1.05 bits per heavy atom. The van der Waals surface area contributed by atoms with Crippen LogP contribution in [0.2, 0.25) is 0 Å². The van der Waals surface area contributed by atoms with Crippen LogP contribution in [0, 0.1) is 0 Å². The molecule has 4 heteroatoms. The van der Waals surface area contributed by atoms with Gasteiger partial charge in [-0.1, -0.05) is 62.2 Å². The molecule has 0 saturated carbocycles. The van der Waals surface area contributed by atoms with E-state index in [1.807, 2.05) is 43.3 Å². The van der Waals surface area contributed by atoms with Gasteiger partial charge in [-0.2, -0.15) is 0 Å². The minimum Gasteiger partial charge on any atom is -0.346 e. The number of hydrogen-bond acceptors (Lipinski definition) is 1. The molecule has 2 aromatic carbocycles. The molecule has 1 amide bonds. The summed E-state index contributed by atoms with van der Waals surface area (Å²) in [6.07, 6.45) is 0. The summed E-state index contributed by atoms with van der Waals surface area (Å²) in [6, 6.07) is 15.4. The van der Waals surface area contributed by atoms with Crippen molar-refractivity contribution in [3.8, 4) is 0 Å². The zero-order valence-electron chi connectivity index (χ0n) is 10.4. The van der Waals surface area contributed by atoms with E-state index in [4.69, 9.17) is 0 Å². The van der Waals surface area contributed by atoms with Crippen molar-refractivity contribution in [2.75, 3.05) is 0 Å². The van der Waals surface area contributed by atoms with Crippen LogP contribution in [-0.4, -0.2) is 5.91 Å². The lowest BCUT2D eigenvalue weighted by atomic mass is 10.1. The van der Waals surface area contributed by atoms with Crippen LogP contribution < -0.4 is 5.32 Å². The molecule has 98 valence electrons. The summed E-state index contributed by atoms with van der Waals surface area (Å²) in [6.45, 7) is 1.97. The van der Waals surface area contributed by atoms with Gasteiger partial charge in [-0.05, 0) is 30.7 Å². The van der Waals surface area contributed by atoms with Gasteiger partial charge in [0.2, 0.25) is 0 Å². The smallest absolute Gasteiger partial charge is 0.251 e. The summed E-state index contributed by atoms with van der Waals surface area (Å²) in [7, 11) is 0. The van der Waals surface area contributed by atoms with Crippen molar-refractivity contribution < 1.29 is 4.79 Å². The molecule has 0 heterocycles. The van der Waals surface area contributed by atoms with Crippen molar-refractivity contribution in [1.82, 2.24) is 5.32 Å². The Kier molecular flexibility index (Phi) is 4.77. The second kappa shape index (κ2) is 6.35. The van der Waals surface area contributed by atoms with E-state index in [1.54, 1.807) is 12.1 Å². The predicted octanol–water partition coefficient (Wildman–Crippen LogP) is 4.70. The van der Waals surface area contributed by atoms with Crippen LogP contribution >= 0.6 is 31.9 Å². The van der Waals surface area contributed by atoms with Crippen molar-refractivity contribution in [1.29, 1.82) is 0 Å². The Balaban J connectivity index is 2.13. The topological polar surface area (TPSA) is 29.1 Å². The first-order valence-electron chi connectivity index (χ1n) is 5.88. The van der Waals surface area contributed by atoms with Crippen LogP contribution in [0.15, 0.2) is 57.5 Å². The van der Waals surface area contributed by atoms with Crippen LogP contribution in [0.3, 0.4) is 0 Å². The minimum absolute atomic E-state index is 0.0218. The molecule has 1 N–H and O–H groups in total. The monoisotopic (exact) mass is 381 g/mol. The molecule has 1 atom stereocenters. The third-order valence-corrected chi connectivity index (χ3v) is 3.69. The summed E-state index contributed by atoms with van der Waals surface area (Å²) in [4.78, 5) is 12.2. The highest BCUT2D eigenvalue weighted by atomic mass is 79.9. The Morgan fingerprint density at radius 2 is 1.63 bits per heavy atom. The third kappa shape index (κ3) is 3.91. The molecule has 0 fully saturated rings. The second-order valence-corrected chi connectivity index (χ2v) is 6.10. The number of nitrogens with one attached hydrogen (secondary N) is 1. The molecule has 0 aromatic heterocycles. The molecule has 0 aliphatic rings. The van der Waals surface area contributed by atoms with Crippen molar-refractivity contribution in [3.63, 3.8) is 0 Å². The van der Waals surface area contributed by atoms with E-state index in [-0.39, 0.29) is 11.9 Å². The van der Waals surface area contributed by atoms with E-state index in [0.717, 1.165) is 14.5 Å². The first kappa shape index (κ1) is 14.3. The second-order valence-electron chi connectivity index (χ2n) is 4.26. The standard InChI is InChI=1S/C15H13Br2NO/c1-10(11-5-3-2-4-6-11)18-15(19)12-7-13(16)9-14(17)8-12/h2-10H,1H3,(H,18,19). The van der Waals surface area contributed by atoms with E-state index in [1.165, 1.54) is 0 Å². The highest BCUT2D eigenvalue weighted by Crippen LogP contribution is 2.21. The fraction of sp³-hybridized carbons (Fsp3) is 0.133. The molecule has 1 unspecified atom stereocenters. The molecular weight excluding hydrogens is 370 g/mol. The van der Waals surface area contributed by atoms with E-state index in [9.17, 15) is 4.79 Å². The lowest BCUT2D eigenvalue weighted by molar-refractivity contribution is 0.0940. The molecule has 2 rings (SSSR count). The lowest BCUT2D eigenvalue weighted by Crippen LogP contribution is -2.26. The summed E-state index contributed by atoms with van der Waals surface area (Å²) >= 11 is 6.76. The number of benzene rings is 2. The van der Waals surface area contributed by atoms with Crippen LogP contribution in [0.25, 0.3) is 0 Å². The Bertz CT molecular complexity index is 564. The Hall–Kier alpha value is -1.13. The van der Waals surface area contributed by atoms with Crippen LogP contribution in [0.4, 0.5) is 0 Å². The van der Waals surface area contributed by atoms with E-state index >= 15 is 0 Å². The van der Waals surface area contributed by atoms with Gasteiger partial charge >= 0.3 is 0 Å². The average Bonchev–Trinajstić information content (AvgIpc) is 2.38. The lowest BCUT2D eigenvalue weighted by Gasteiger charge is -2.14. The van der Waals surface area contributed by atoms with Crippen LogP contribution in [0.1, 0.15) is 28.9 Å². The van der Waals surface area contributed by atoms with Crippen LogP contribution in [0.5, 0.6) is 0 Å². The maximum Gasteiger partial charge on any atom is 0.251 e. The number of carbonyl (C=O) groups excluding carboxylic acids is 1. The maximum absolute atomic E-state index is 12.2. The quantitative estimate of drug-likeness (QED) is 0.818. The molecule has 19 heavy (non-hydrogen) atoms. The van der Waals surface area contributed by atoms with Crippen molar-refractivity contribution in [2.24, 2.45) is 0 Å². The van der Waals surface area contributed by atoms with Gasteiger partial charge in [0.25, 0.3) is 5.91 Å². The van der Waals surface area contributed by atoms with Gasteiger partial charge in [0.15, 0.2) is 0 Å². The molecule has 0 spiro atoms. The summed E-state index contributed by atoms with van der Waals surface area (Å²) in [5, 5.41) is 2.99. The van der Waals surface area contributed by atoms with Gasteiger partial charge in [0.1, 0.15) is 0 Å². The highest BCUT2D eigenvalue weighted by molar-refractivity contribution is 9.11. The normalized spacial score (nSPS) is 11.9. The first-order valence-corrected chi connectivity index (χ1v) is 7.47. The number of hydrogen-bond donors (Lipinski definition) is 1. The number of rotatable bonds is 3. The minimum atomic E-state index is -0.0849. The largest absolute Gasteiger partial charge is 0.346 e. The Labute approximate surface area is 129 Å². The molecule has 2 aromatic rings. The fourth-order valence-electron chi connectivity index (χ4n) is 1.79. The Morgan fingerprint density at radius 3 is 2.21 bits per heavy atom. The van der Waals surface area contributed by atoms with Crippen molar-refractivity contribution >= 4 is 37.8 Å². The number of carbonyl (C=O) groups is 1. The summed E-state index contributed by atoms with van der Waals surface area (Å²) in [5.74, 6) is -0.0849. The number of amides is 1. The molecule has 0 bridgehead atoms. The zero-order chi connectivity index (χ0) is 13.8. The molecular formula is C15H13Br2NO. The van der Waals surface area contributed by atoms with Gasteiger partial charge in [-0.15, -0.1) is 0 Å². The third-order valence-electron chi connectivity index (χ3n) is 2.77. The van der Waals surface area contributed by atoms with Gasteiger partial charge in [-0.25, -0.2) is 0 Å². The highest BCUT2D eigenvalue weighted by Gasteiger charge is 2.12. The predicted molar refractivity (Wildman–Crippen MR) is 84.2 cm³/mol. The van der Waals surface area contributed by atoms with Crippen LogP contribution in [-0.2, 0) is 0 Å². The van der Waals surface area contributed by atoms with Crippen molar-refractivity contribution in [3.05, 3.63) is 68.6 Å². The summed E-state index contributed by atoms with van der Waals surface area (Å²) in [5.41, 5.74) is 1.72. The molecule has 0 radical (unpaired) electrons. The van der Waals surface area contributed by atoms with Gasteiger partial charge < -0.3 is 5.32 Å². The molecule has 0 aliphatic heterocycles. The van der Waals surface area contributed by atoms with E-state index in [0.29, 0.717) is 5.56 Å². The molecule has 0 saturated heterocycles.